The summed E-state index contributed by atoms with van der Waals surface area (Å²) < 4.78 is 24.0. The Balaban J connectivity index is 1.54. The van der Waals surface area contributed by atoms with Gasteiger partial charge in [0.05, 0.1) is 42.5 Å². The van der Waals surface area contributed by atoms with Gasteiger partial charge in [0.25, 0.3) is 0 Å². The Morgan fingerprint density at radius 2 is 1.82 bits per heavy atom. The molecule has 0 aliphatic carbocycles. The molecule has 1 N–H and O–H groups in total. The van der Waals surface area contributed by atoms with Gasteiger partial charge in [-0.2, -0.15) is 5.10 Å². The SMILES string of the molecule is COc1ccc(C)cc1NC(=O)N1Cc2c(C)nn(-c3ccccc3)c2-n2cccc2C1c1cccc(F)c1. The number of rotatable bonds is 4. The van der Waals surface area contributed by atoms with E-state index in [1.54, 1.807) is 18.1 Å². The van der Waals surface area contributed by atoms with Crippen molar-refractivity contribution in [2.24, 2.45) is 0 Å². The number of anilines is 1. The quantitative estimate of drug-likeness (QED) is 0.291. The van der Waals surface area contributed by atoms with E-state index in [1.165, 1.54) is 12.1 Å². The number of aromatic nitrogens is 3. The number of methoxy groups -OCH3 is 1. The van der Waals surface area contributed by atoms with Crippen molar-refractivity contribution in [1.29, 1.82) is 0 Å². The van der Waals surface area contributed by atoms with Gasteiger partial charge in [-0.1, -0.05) is 36.4 Å². The van der Waals surface area contributed by atoms with Crippen LogP contribution in [0.15, 0.2) is 91.1 Å². The maximum absolute atomic E-state index is 14.5. The molecule has 7 nitrogen and oxygen atoms in total. The number of halogens is 1. The largest absolute Gasteiger partial charge is 0.495 e. The number of hydrogen-bond acceptors (Lipinski definition) is 3. The Morgan fingerprint density at radius 3 is 2.59 bits per heavy atom. The molecule has 1 atom stereocenters. The predicted octanol–water partition coefficient (Wildman–Crippen LogP) is 6.56. The number of carbonyl (C=O) groups is 1. The molecule has 6 rings (SSSR count). The maximum Gasteiger partial charge on any atom is 0.323 e. The van der Waals surface area contributed by atoms with Crippen molar-refractivity contribution in [2.75, 3.05) is 12.4 Å². The fraction of sp³-hybridized carbons (Fsp3) is 0.161. The predicted molar refractivity (Wildman–Crippen MR) is 148 cm³/mol. The number of nitrogens with zero attached hydrogens (tertiary/aromatic N) is 4. The number of benzene rings is 3. The Bertz CT molecular complexity index is 1670. The van der Waals surface area contributed by atoms with Gasteiger partial charge in [0.15, 0.2) is 0 Å². The highest BCUT2D eigenvalue weighted by Crippen LogP contribution is 2.39. The molecule has 0 bridgehead atoms. The molecule has 39 heavy (non-hydrogen) atoms. The van der Waals surface area contributed by atoms with E-state index in [2.05, 4.69) is 9.88 Å². The molecule has 3 aromatic carbocycles. The smallest absolute Gasteiger partial charge is 0.323 e. The third-order valence-corrected chi connectivity index (χ3v) is 7.11. The van der Waals surface area contributed by atoms with Crippen LogP contribution in [0.1, 0.15) is 34.1 Å². The number of fused-ring (bicyclic) bond motifs is 3. The van der Waals surface area contributed by atoms with Gasteiger partial charge in [-0.3, -0.25) is 0 Å². The summed E-state index contributed by atoms with van der Waals surface area (Å²) in [7, 11) is 1.57. The van der Waals surface area contributed by atoms with Crippen LogP contribution in [0, 0.1) is 19.7 Å². The van der Waals surface area contributed by atoms with Gasteiger partial charge >= 0.3 is 6.03 Å². The van der Waals surface area contributed by atoms with Crippen molar-refractivity contribution in [2.45, 2.75) is 26.4 Å². The fourth-order valence-electron chi connectivity index (χ4n) is 5.28. The standard InChI is InChI=1S/C31H28FN5O2/c1-20-14-15-28(39-3)26(17-20)33-31(38)36-19-25-21(2)34-37(24-11-5-4-6-12-24)30(25)35-16-8-13-27(35)29(36)22-9-7-10-23(32)18-22/h4-18,29H,19H2,1-3H3,(H,33,38). The number of nitrogens with one attached hydrogen (secondary N) is 1. The summed E-state index contributed by atoms with van der Waals surface area (Å²) in [5, 5.41) is 7.93. The first kappa shape index (κ1) is 24.5. The number of aryl methyl sites for hydroxylation is 2. The second-order valence-corrected chi connectivity index (χ2v) is 9.66. The summed E-state index contributed by atoms with van der Waals surface area (Å²) in [6.07, 6.45) is 1.96. The van der Waals surface area contributed by atoms with E-state index >= 15 is 0 Å². The van der Waals surface area contributed by atoms with Crippen LogP contribution in [-0.2, 0) is 6.54 Å². The monoisotopic (exact) mass is 521 g/mol. The number of para-hydroxylation sites is 1. The molecule has 2 aromatic heterocycles. The number of hydrogen-bond donors (Lipinski definition) is 1. The van der Waals surface area contributed by atoms with E-state index in [9.17, 15) is 9.18 Å². The Morgan fingerprint density at radius 1 is 1.00 bits per heavy atom. The van der Waals surface area contributed by atoms with E-state index in [-0.39, 0.29) is 18.4 Å². The summed E-state index contributed by atoms with van der Waals surface area (Å²) >= 11 is 0. The van der Waals surface area contributed by atoms with Gasteiger partial charge in [-0.05, 0) is 73.5 Å². The number of urea groups is 1. The second kappa shape index (κ2) is 9.79. The number of amides is 2. The lowest BCUT2D eigenvalue weighted by Crippen LogP contribution is -2.38. The van der Waals surface area contributed by atoms with Crippen molar-refractivity contribution in [3.63, 3.8) is 0 Å². The molecular formula is C31H28FN5O2. The number of carbonyl (C=O) groups excluding carboxylic acids is 1. The van der Waals surface area contributed by atoms with E-state index < -0.39 is 6.04 Å². The lowest BCUT2D eigenvalue weighted by Gasteiger charge is -2.31. The highest BCUT2D eigenvalue weighted by atomic mass is 19.1. The van der Waals surface area contributed by atoms with E-state index in [4.69, 9.17) is 9.84 Å². The molecule has 5 aromatic rings. The highest BCUT2D eigenvalue weighted by molar-refractivity contribution is 5.92. The van der Waals surface area contributed by atoms with Gasteiger partial charge < -0.3 is 19.5 Å². The van der Waals surface area contributed by atoms with Crippen molar-refractivity contribution in [3.05, 3.63) is 125 Å². The van der Waals surface area contributed by atoms with Gasteiger partial charge in [-0.25, -0.2) is 13.9 Å². The lowest BCUT2D eigenvalue weighted by molar-refractivity contribution is 0.194. The zero-order valence-corrected chi connectivity index (χ0v) is 21.9. The molecule has 0 saturated carbocycles. The van der Waals surface area contributed by atoms with Crippen LogP contribution in [0.3, 0.4) is 0 Å². The molecule has 1 unspecified atom stereocenters. The Labute approximate surface area is 226 Å². The fourth-order valence-corrected chi connectivity index (χ4v) is 5.28. The lowest BCUT2D eigenvalue weighted by atomic mass is 10.0. The minimum absolute atomic E-state index is 0.261. The molecule has 3 heterocycles. The van der Waals surface area contributed by atoms with Crippen LogP contribution in [0.25, 0.3) is 11.5 Å². The van der Waals surface area contributed by atoms with Crippen molar-refractivity contribution in [1.82, 2.24) is 19.2 Å². The molecule has 2 amide bonds. The molecule has 1 aliphatic heterocycles. The van der Waals surface area contributed by atoms with Crippen LogP contribution in [0.4, 0.5) is 14.9 Å². The molecule has 0 fully saturated rings. The first-order valence-electron chi connectivity index (χ1n) is 12.7. The van der Waals surface area contributed by atoms with Crippen LogP contribution in [0.2, 0.25) is 0 Å². The van der Waals surface area contributed by atoms with E-state index in [1.807, 2.05) is 91.5 Å². The second-order valence-electron chi connectivity index (χ2n) is 9.66. The van der Waals surface area contributed by atoms with E-state index in [0.29, 0.717) is 17.0 Å². The van der Waals surface area contributed by atoms with Crippen LogP contribution < -0.4 is 10.1 Å². The molecule has 0 saturated heterocycles. The third-order valence-electron chi connectivity index (χ3n) is 7.11. The summed E-state index contributed by atoms with van der Waals surface area (Å²) in [4.78, 5) is 15.9. The van der Waals surface area contributed by atoms with Crippen LogP contribution >= 0.6 is 0 Å². The highest BCUT2D eigenvalue weighted by Gasteiger charge is 2.36. The maximum atomic E-state index is 14.5. The van der Waals surface area contributed by atoms with Gasteiger partial charge in [0, 0.05) is 11.8 Å². The minimum atomic E-state index is -0.567. The zero-order chi connectivity index (χ0) is 27.1. The molecule has 8 heteroatoms. The summed E-state index contributed by atoms with van der Waals surface area (Å²) in [5.74, 6) is 1.05. The minimum Gasteiger partial charge on any atom is -0.495 e. The zero-order valence-electron chi connectivity index (χ0n) is 21.9. The normalized spacial score (nSPS) is 14.4. The Hall–Kier alpha value is -4.85. The van der Waals surface area contributed by atoms with Crippen LogP contribution in [-0.4, -0.2) is 32.4 Å². The summed E-state index contributed by atoms with van der Waals surface area (Å²) in [6, 6.07) is 25.0. The first-order valence-corrected chi connectivity index (χ1v) is 12.7. The molecular weight excluding hydrogens is 493 g/mol. The molecule has 0 spiro atoms. The number of ether oxygens (including phenoxy) is 1. The molecule has 196 valence electrons. The van der Waals surface area contributed by atoms with Gasteiger partial charge in [0.1, 0.15) is 17.4 Å². The Kier molecular flexibility index (Phi) is 6.15. The van der Waals surface area contributed by atoms with Gasteiger partial charge in [0.2, 0.25) is 0 Å². The third kappa shape index (κ3) is 4.33. The van der Waals surface area contributed by atoms with Crippen molar-refractivity contribution < 1.29 is 13.9 Å². The molecule has 0 radical (unpaired) electrons. The van der Waals surface area contributed by atoms with Crippen molar-refractivity contribution >= 4 is 11.7 Å². The average Bonchev–Trinajstić information content (AvgIpc) is 3.49. The topological polar surface area (TPSA) is 64.3 Å². The first-order chi connectivity index (χ1) is 18.9. The van der Waals surface area contributed by atoms with Crippen molar-refractivity contribution in [3.8, 4) is 17.3 Å². The summed E-state index contributed by atoms with van der Waals surface area (Å²) in [6.45, 7) is 4.16. The molecule has 1 aliphatic rings. The van der Waals surface area contributed by atoms with Gasteiger partial charge in [-0.15, -0.1) is 0 Å². The van der Waals surface area contributed by atoms with E-state index in [0.717, 1.165) is 34.0 Å². The average molecular weight is 522 g/mol. The summed E-state index contributed by atoms with van der Waals surface area (Å²) in [5.41, 5.74) is 5.66. The van der Waals surface area contributed by atoms with Crippen LogP contribution in [0.5, 0.6) is 5.75 Å².